The standard InChI is InChI=1S/C15H21N3O4/c1-3-6-16-7-9-17(10-8-16)13-5-4-12(15(19)22-2)11-14(13)18(20)21/h4-5,11H,3,6-10H2,1-2H3. The second kappa shape index (κ2) is 7.22. The van der Waals surface area contributed by atoms with Crippen LogP contribution in [-0.2, 0) is 4.74 Å². The van der Waals surface area contributed by atoms with Crippen LogP contribution in [0.2, 0.25) is 0 Å². The van der Waals surface area contributed by atoms with Crippen molar-refractivity contribution in [2.24, 2.45) is 0 Å². The fraction of sp³-hybridized carbons (Fsp3) is 0.533. The predicted molar refractivity (Wildman–Crippen MR) is 83.4 cm³/mol. The summed E-state index contributed by atoms with van der Waals surface area (Å²) in [6, 6.07) is 4.51. The van der Waals surface area contributed by atoms with Gasteiger partial charge in [0.15, 0.2) is 0 Å². The number of carbonyl (C=O) groups is 1. The number of nitrogens with zero attached hydrogens (tertiary/aromatic N) is 3. The highest BCUT2D eigenvalue weighted by Gasteiger charge is 2.25. The van der Waals surface area contributed by atoms with E-state index < -0.39 is 10.9 Å². The van der Waals surface area contributed by atoms with Gasteiger partial charge in [-0.2, -0.15) is 0 Å². The van der Waals surface area contributed by atoms with E-state index in [1.54, 1.807) is 12.1 Å². The Balaban J connectivity index is 2.20. The summed E-state index contributed by atoms with van der Waals surface area (Å²) in [4.78, 5) is 26.7. The van der Waals surface area contributed by atoms with Gasteiger partial charge in [0.05, 0.1) is 17.6 Å². The van der Waals surface area contributed by atoms with Crippen LogP contribution in [0.15, 0.2) is 18.2 Å². The number of hydrogen-bond donors (Lipinski definition) is 0. The highest BCUT2D eigenvalue weighted by atomic mass is 16.6. The van der Waals surface area contributed by atoms with Gasteiger partial charge in [0.1, 0.15) is 5.69 Å². The van der Waals surface area contributed by atoms with E-state index in [1.165, 1.54) is 13.2 Å². The molecule has 0 atom stereocenters. The number of nitro groups is 1. The Morgan fingerprint density at radius 1 is 1.32 bits per heavy atom. The molecule has 0 N–H and O–H groups in total. The molecule has 1 aromatic rings. The van der Waals surface area contributed by atoms with Gasteiger partial charge >= 0.3 is 5.97 Å². The van der Waals surface area contributed by atoms with E-state index in [4.69, 9.17) is 0 Å². The summed E-state index contributed by atoms with van der Waals surface area (Å²) >= 11 is 0. The lowest BCUT2D eigenvalue weighted by Crippen LogP contribution is -2.46. The number of methoxy groups -OCH3 is 1. The first-order chi connectivity index (χ1) is 10.6. The monoisotopic (exact) mass is 307 g/mol. The Hall–Kier alpha value is -2.15. The molecule has 7 nitrogen and oxygen atoms in total. The number of piperazine rings is 1. The predicted octanol–water partition coefficient (Wildman–Crippen LogP) is 1.91. The molecule has 1 fully saturated rings. The van der Waals surface area contributed by atoms with Gasteiger partial charge in [0, 0.05) is 32.2 Å². The third-order valence-corrected chi connectivity index (χ3v) is 3.85. The largest absolute Gasteiger partial charge is 0.465 e. The van der Waals surface area contributed by atoms with Crippen LogP contribution in [0.3, 0.4) is 0 Å². The molecule has 2 rings (SSSR count). The highest BCUT2D eigenvalue weighted by Crippen LogP contribution is 2.30. The molecule has 0 radical (unpaired) electrons. The second-order valence-electron chi connectivity index (χ2n) is 5.28. The molecule has 0 unspecified atom stereocenters. The Labute approximate surface area is 129 Å². The van der Waals surface area contributed by atoms with Gasteiger partial charge in [-0.25, -0.2) is 4.79 Å². The van der Waals surface area contributed by atoms with Crippen LogP contribution >= 0.6 is 0 Å². The summed E-state index contributed by atoms with van der Waals surface area (Å²) in [6.45, 7) is 6.48. The van der Waals surface area contributed by atoms with E-state index in [0.29, 0.717) is 5.69 Å². The molecule has 0 amide bonds. The maximum Gasteiger partial charge on any atom is 0.338 e. The molecule has 1 aliphatic heterocycles. The molecule has 7 heteroatoms. The molecule has 0 bridgehead atoms. The van der Waals surface area contributed by atoms with Crippen LogP contribution in [0.5, 0.6) is 0 Å². The van der Waals surface area contributed by atoms with Crippen molar-refractivity contribution in [2.75, 3.05) is 44.7 Å². The highest BCUT2D eigenvalue weighted by molar-refractivity contribution is 5.91. The lowest BCUT2D eigenvalue weighted by Gasteiger charge is -2.35. The Kier molecular flexibility index (Phi) is 5.32. The quantitative estimate of drug-likeness (QED) is 0.470. The number of carbonyl (C=O) groups excluding carboxylic acids is 1. The van der Waals surface area contributed by atoms with Crippen molar-refractivity contribution in [1.29, 1.82) is 0 Å². The number of hydrogen-bond acceptors (Lipinski definition) is 6. The van der Waals surface area contributed by atoms with Gasteiger partial charge < -0.3 is 9.64 Å². The maximum absolute atomic E-state index is 11.5. The summed E-state index contributed by atoms with van der Waals surface area (Å²) in [6.07, 6.45) is 1.11. The van der Waals surface area contributed by atoms with Gasteiger partial charge in [-0.1, -0.05) is 6.92 Å². The normalized spacial score (nSPS) is 15.6. The summed E-state index contributed by atoms with van der Waals surface area (Å²) in [5, 5.41) is 11.3. The van der Waals surface area contributed by atoms with E-state index in [9.17, 15) is 14.9 Å². The number of nitro benzene ring substituents is 1. The second-order valence-corrected chi connectivity index (χ2v) is 5.28. The summed E-state index contributed by atoms with van der Waals surface area (Å²) < 4.78 is 4.62. The summed E-state index contributed by atoms with van der Waals surface area (Å²) in [5.74, 6) is -0.567. The smallest absolute Gasteiger partial charge is 0.338 e. The molecule has 0 spiro atoms. The van der Waals surface area contributed by atoms with Crippen molar-refractivity contribution >= 4 is 17.3 Å². The molecular weight excluding hydrogens is 286 g/mol. The third kappa shape index (κ3) is 3.54. The molecule has 22 heavy (non-hydrogen) atoms. The molecule has 0 aromatic heterocycles. The van der Waals surface area contributed by atoms with Crippen molar-refractivity contribution in [2.45, 2.75) is 13.3 Å². The Morgan fingerprint density at radius 3 is 2.55 bits per heavy atom. The average molecular weight is 307 g/mol. The fourth-order valence-electron chi connectivity index (χ4n) is 2.71. The number of esters is 1. The van der Waals surface area contributed by atoms with Crippen molar-refractivity contribution in [3.63, 3.8) is 0 Å². The fourth-order valence-corrected chi connectivity index (χ4v) is 2.71. The van der Waals surface area contributed by atoms with Gasteiger partial charge in [0.2, 0.25) is 0 Å². The van der Waals surface area contributed by atoms with Crippen LogP contribution in [0.1, 0.15) is 23.7 Å². The van der Waals surface area contributed by atoms with E-state index in [1.807, 2.05) is 4.90 Å². The maximum atomic E-state index is 11.5. The SMILES string of the molecule is CCCN1CCN(c2ccc(C(=O)OC)cc2[N+](=O)[O-])CC1. The zero-order valence-electron chi connectivity index (χ0n) is 12.9. The number of anilines is 1. The molecule has 120 valence electrons. The van der Waals surface area contributed by atoms with Crippen LogP contribution in [0.4, 0.5) is 11.4 Å². The van der Waals surface area contributed by atoms with E-state index in [2.05, 4.69) is 16.6 Å². The van der Waals surface area contributed by atoms with Gasteiger partial charge in [0.25, 0.3) is 5.69 Å². The lowest BCUT2D eigenvalue weighted by atomic mass is 10.1. The average Bonchev–Trinajstić information content (AvgIpc) is 2.54. The first kappa shape index (κ1) is 16.2. The van der Waals surface area contributed by atoms with Crippen LogP contribution in [-0.4, -0.2) is 55.6 Å². The van der Waals surface area contributed by atoms with Gasteiger partial charge in [-0.15, -0.1) is 0 Å². The minimum Gasteiger partial charge on any atom is -0.465 e. The van der Waals surface area contributed by atoms with Crippen LogP contribution in [0, 0.1) is 10.1 Å². The first-order valence-corrected chi connectivity index (χ1v) is 7.41. The summed E-state index contributed by atoms with van der Waals surface area (Å²) in [7, 11) is 1.26. The number of benzene rings is 1. The molecule has 1 saturated heterocycles. The van der Waals surface area contributed by atoms with Crippen molar-refractivity contribution in [1.82, 2.24) is 4.90 Å². The number of ether oxygens (including phenoxy) is 1. The van der Waals surface area contributed by atoms with Gasteiger partial charge in [-0.05, 0) is 25.1 Å². The minimum atomic E-state index is -0.567. The Bertz CT molecular complexity index is 554. The minimum absolute atomic E-state index is 0.0492. The lowest BCUT2D eigenvalue weighted by molar-refractivity contribution is -0.384. The van der Waals surface area contributed by atoms with Crippen molar-refractivity contribution in [3.8, 4) is 0 Å². The topological polar surface area (TPSA) is 75.9 Å². The van der Waals surface area contributed by atoms with E-state index in [-0.39, 0.29) is 11.3 Å². The van der Waals surface area contributed by atoms with Crippen molar-refractivity contribution < 1.29 is 14.5 Å². The van der Waals surface area contributed by atoms with E-state index in [0.717, 1.165) is 39.1 Å². The zero-order chi connectivity index (χ0) is 16.1. The molecular formula is C15H21N3O4. The number of rotatable bonds is 5. The third-order valence-electron chi connectivity index (χ3n) is 3.85. The molecule has 0 saturated carbocycles. The zero-order valence-corrected chi connectivity index (χ0v) is 12.9. The summed E-state index contributed by atoms with van der Waals surface area (Å²) in [5.41, 5.74) is 0.711. The van der Waals surface area contributed by atoms with Crippen LogP contribution in [0.25, 0.3) is 0 Å². The molecule has 1 aromatic carbocycles. The van der Waals surface area contributed by atoms with Crippen molar-refractivity contribution in [3.05, 3.63) is 33.9 Å². The van der Waals surface area contributed by atoms with Gasteiger partial charge in [-0.3, -0.25) is 15.0 Å². The molecule has 1 heterocycles. The van der Waals surface area contributed by atoms with Crippen LogP contribution < -0.4 is 4.90 Å². The molecule has 0 aliphatic carbocycles. The van der Waals surface area contributed by atoms with E-state index >= 15 is 0 Å². The molecule has 1 aliphatic rings. The Morgan fingerprint density at radius 2 is 2.00 bits per heavy atom. The first-order valence-electron chi connectivity index (χ1n) is 7.41.